The second-order valence-electron chi connectivity index (χ2n) is 6.44. The summed E-state index contributed by atoms with van der Waals surface area (Å²) in [4.78, 5) is 21.7. The first-order chi connectivity index (χ1) is 12.5. The number of allylic oxidation sites excluding steroid dienone is 2. The number of benzene rings is 2. The zero-order valence-corrected chi connectivity index (χ0v) is 14.2. The molecule has 8 heteroatoms. The molecule has 1 N–H and O–H groups in total. The Morgan fingerprint density at radius 3 is 2.62 bits per heavy atom. The Morgan fingerprint density at radius 1 is 1.08 bits per heavy atom. The standard InChI is InChI=1S/C18H14ClN3O4/c19-15-8-7-10(21(23)24)9-14(15)17-12-4-1-3-11(12)13-5-2-6-16(22(25)26)18(13)20-17/h1-3,5-9,11-12,17,20H,4H2/t11-,12-,17+/m0/s1. The van der Waals surface area contributed by atoms with E-state index < -0.39 is 9.85 Å². The first-order valence-corrected chi connectivity index (χ1v) is 8.49. The molecule has 4 rings (SSSR count). The molecule has 1 aliphatic heterocycles. The minimum absolute atomic E-state index is 0.00600. The molecule has 1 aliphatic carbocycles. The highest BCUT2D eigenvalue weighted by atomic mass is 35.5. The van der Waals surface area contributed by atoms with Crippen LogP contribution in [0.5, 0.6) is 0 Å². The van der Waals surface area contributed by atoms with Crippen molar-refractivity contribution in [3.8, 4) is 0 Å². The Hall–Kier alpha value is -2.93. The number of fused-ring (bicyclic) bond motifs is 3. The summed E-state index contributed by atoms with van der Waals surface area (Å²) >= 11 is 6.34. The van der Waals surface area contributed by atoms with Gasteiger partial charge in [0.15, 0.2) is 0 Å². The maximum Gasteiger partial charge on any atom is 0.292 e. The molecule has 26 heavy (non-hydrogen) atoms. The summed E-state index contributed by atoms with van der Waals surface area (Å²) in [5.74, 6) is 0.0930. The van der Waals surface area contributed by atoms with E-state index in [2.05, 4.69) is 5.32 Å². The molecule has 0 bridgehead atoms. The van der Waals surface area contributed by atoms with E-state index >= 15 is 0 Å². The third-order valence-corrected chi connectivity index (χ3v) is 5.44. The molecule has 7 nitrogen and oxygen atoms in total. The molecule has 2 aromatic carbocycles. The SMILES string of the molecule is O=[N+]([O-])c1ccc(Cl)c([C@@H]2Nc3c(cccc3[N+](=O)[O-])[C@H]3C=CC[C@@H]32)c1. The molecule has 1 heterocycles. The van der Waals surface area contributed by atoms with Crippen LogP contribution in [0.4, 0.5) is 17.1 Å². The number of nitrogens with zero attached hydrogens (tertiary/aromatic N) is 2. The predicted molar refractivity (Wildman–Crippen MR) is 97.6 cm³/mol. The summed E-state index contributed by atoms with van der Waals surface area (Å²) in [6.45, 7) is 0. The largest absolute Gasteiger partial charge is 0.372 e. The Kier molecular flexibility index (Phi) is 3.88. The first-order valence-electron chi connectivity index (χ1n) is 8.11. The van der Waals surface area contributed by atoms with Crippen LogP contribution in [0.25, 0.3) is 0 Å². The highest BCUT2D eigenvalue weighted by molar-refractivity contribution is 6.31. The molecule has 132 valence electrons. The molecule has 0 saturated heterocycles. The highest BCUT2D eigenvalue weighted by Gasteiger charge is 2.41. The van der Waals surface area contributed by atoms with Gasteiger partial charge in [0.1, 0.15) is 5.69 Å². The van der Waals surface area contributed by atoms with Crippen LogP contribution in [0.1, 0.15) is 29.5 Å². The van der Waals surface area contributed by atoms with Gasteiger partial charge in [-0.3, -0.25) is 20.2 Å². The number of nitro benzene ring substituents is 2. The molecule has 0 aromatic heterocycles. The van der Waals surface area contributed by atoms with Crippen molar-refractivity contribution in [2.75, 3.05) is 5.32 Å². The van der Waals surface area contributed by atoms with E-state index in [1.807, 2.05) is 18.2 Å². The molecule has 0 radical (unpaired) electrons. The average Bonchev–Trinajstić information content (AvgIpc) is 3.10. The van der Waals surface area contributed by atoms with Crippen LogP contribution in [0.3, 0.4) is 0 Å². The van der Waals surface area contributed by atoms with Crippen LogP contribution < -0.4 is 5.32 Å². The Morgan fingerprint density at radius 2 is 1.88 bits per heavy atom. The highest BCUT2D eigenvalue weighted by Crippen LogP contribution is 2.53. The normalized spacial score (nSPS) is 23.0. The van der Waals surface area contributed by atoms with Gasteiger partial charge in [0.05, 0.1) is 15.9 Å². The summed E-state index contributed by atoms with van der Waals surface area (Å²) in [5, 5.41) is 26.3. The Labute approximate surface area is 153 Å². The van der Waals surface area contributed by atoms with E-state index in [-0.39, 0.29) is 29.3 Å². The number of para-hydroxylation sites is 1. The predicted octanol–water partition coefficient (Wildman–Crippen LogP) is 4.98. The molecule has 0 saturated carbocycles. The van der Waals surface area contributed by atoms with Crippen molar-refractivity contribution in [3.63, 3.8) is 0 Å². The van der Waals surface area contributed by atoms with Crippen molar-refractivity contribution in [1.29, 1.82) is 0 Å². The van der Waals surface area contributed by atoms with Crippen LogP contribution in [0.2, 0.25) is 5.02 Å². The minimum atomic E-state index is -0.469. The summed E-state index contributed by atoms with van der Waals surface area (Å²) in [6, 6.07) is 8.98. The Balaban J connectivity index is 1.86. The molecule has 2 aromatic rings. The number of hydrogen-bond acceptors (Lipinski definition) is 5. The molecule has 3 atom stereocenters. The number of hydrogen-bond donors (Lipinski definition) is 1. The molecule has 0 spiro atoms. The van der Waals surface area contributed by atoms with Gasteiger partial charge in [-0.05, 0) is 24.0 Å². The summed E-state index contributed by atoms with van der Waals surface area (Å²) in [6.07, 6.45) is 4.86. The van der Waals surface area contributed by atoms with E-state index in [1.165, 1.54) is 24.3 Å². The van der Waals surface area contributed by atoms with Crippen molar-refractivity contribution >= 4 is 28.7 Å². The monoisotopic (exact) mass is 371 g/mol. The molecule has 0 amide bonds. The van der Waals surface area contributed by atoms with Gasteiger partial charge in [-0.2, -0.15) is 0 Å². The third kappa shape index (κ3) is 2.52. The maximum absolute atomic E-state index is 11.5. The van der Waals surface area contributed by atoms with Gasteiger partial charge in [0.2, 0.25) is 0 Å². The molecule has 2 aliphatic rings. The smallest absolute Gasteiger partial charge is 0.292 e. The average molecular weight is 372 g/mol. The number of non-ortho nitro benzene ring substituents is 1. The lowest BCUT2D eigenvalue weighted by molar-refractivity contribution is -0.384. The fourth-order valence-corrected chi connectivity index (χ4v) is 4.18. The molecule has 0 unspecified atom stereocenters. The van der Waals surface area contributed by atoms with Crippen LogP contribution >= 0.6 is 11.6 Å². The second-order valence-corrected chi connectivity index (χ2v) is 6.84. The first kappa shape index (κ1) is 16.5. The number of rotatable bonds is 3. The van der Waals surface area contributed by atoms with Crippen LogP contribution in [0, 0.1) is 26.1 Å². The van der Waals surface area contributed by atoms with Gasteiger partial charge < -0.3 is 5.32 Å². The number of halogens is 1. The fourth-order valence-electron chi connectivity index (χ4n) is 3.95. The van der Waals surface area contributed by atoms with Crippen molar-refractivity contribution in [2.24, 2.45) is 5.92 Å². The van der Waals surface area contributed by atoms with Crippen LogP contribution in [-0.4, -0.2) is 9.85 Å². The van der Waals surface area contributed by atoms with Crippen molar-refractivity contribution in [3.05, 3.63) is 84.9 Å². The summed E-state index contributed by atoms with van der Waals surface area (Å²) < 4.78 is 0. The number of nitrogens with one attached hydrogen (secondary N) is 1. The quantitative estimate of drug-likeness (QED) is 0.466. The van der Waals surface area contributed by atoms with Gasteiger partial charge in [-0.1, -0.05) is 35.9 Å². The van der Waals surface area contributed by atoms with E-state index in [9.17, 15) is 20.2 Å². The topological polar surface area (TPSA) is 98.3 Å². The molecular formula is C18H14ClN3O4. The molecular weight excluding hydrogens is 358 g/mol. The van der Waals surface area contributed by atoms with E-state index in [1.54, 1.807) is 6.07 Å². The second kappa shape index (κ2) is 6.10. The summed E-state index contributed by atoms with van der Waals surface area (Å²) in [7, 11) is 0. The van der Waals surface area contributed by atoms with Gasteiger partial charge in [-0.15, -0.1) is 0 Å². The lowest BCUT2D eigenvalue weighted by Gasteiger charge is -2.37. The lowest BCUT2D eigenvalue weighted by atomic mass is 9.76. The van der Waals surface area contributed by atoms with Crippen LogP contribution in [-0.2, 0) is 0 Å². The van der Waals surface area contributed by atoms with Crippen molar-refractivity contribution in [2.45, 2.75) is 18.4 Å². The lowest BCUT2D eigenvalue weighted by Crippen LogP contribution is -2.29. The minimum Gasteiger partial charge on any atom is -0.372 e. The number of nitro groups is 2. The number of anilines is 1. The van der Waals surface area contributed by atoms with Crippen molar-refractivity contribution < 1.29 is 9.85 Å². The third-order valence-electron chi connectivity index (χ3n) is 5.10. The summed E-state index contributed by atoms with van der Waals surface area (Å²) in [5.41, 5.74) is 1.85. The van der Waals surface area contributed by atoms with E-state index in [0.717, 1.165) is 12.0 Å². The van der Waals surface area contributed by atoms with Crippen LogP contribution in [0.15, 0.2) is 48.6 Å². The van der Waals surface area contributed by atoms with Gasteiger partial charge in [0.25, 0.3) is 11.4 Å². The van der Waals surface area contributed by atoms with E-state index in [4.69, 9.17) is 11.6 Å². The maximum atomic E-state index is 11.5. The fraction of sp³-hybridized carbons (Fsp3) is 0.222. The zero-order valence-electron chi connectivity index (χ0n) is 13.5. The van der Waals surface area contributed by atoms with E-state index in [0.29, 0.717) is 16.3 Å². The van der Waals surface area contributed by atoms with Gasteiger partial charge >= 0.3 is 0 Å². The molecule has 0 fully saturated rings. The van der Waals surface area contributed by atoms with Crippen molar-refractivity contribution in [1.82, 2.24) is 0 Å². The zero-order chi connectivity index (χ0) is 18.4. The Bertz CT molecular complexity index is 959. The van der Waals surface area contributed by atoms with Gasteiger partial charge in [0, 0.05) is 34.7 Å². The van der Waals surface area contributed by atoms with Gasteiger partial charge in [-0.25, -0.2) is 0 Å².